The topological polar surface area (TPSA) is 3.24 Å². The van der Waals surface area contributed by atoms with Crippen molar-refractivity contribution in [3.8, 4) is 0 Å². The van der Waals surface area contributed by atoms with Crippen LogP contribution in [-0.2, 0) is 0 Å². The summed E-state index contributed by atoms with van der Waals surface area (Å²) in [6.45, 7) is 4.86. The molecule has 1 fully saturated rings. The monoisotopic (exact) mass is 179 g/mol. The first-order valence-corrected chi connectivity index (χ1v) is 5.81. The molecule has 0 aromatic carbocycles. The molecule has 0 saturated heterocycles. The van der Waals surface area contributed by atoms with E-state index < -0.39 is 0 Å². The van der Waals surface area contributed by atoms with Crippen LogP contribution in [0.1, 0.15) is 39.0 Å². The Morgan fingerprint density at radius 1 is 1.31 bits per heavy atom. The highest BCUT2D eigenvalue weighted by Crippen LogP contribution is 2.32. The lowest BCUT2D eigenvalue weighted by Crippen LogP contribution is -2.39. The largest absolute Gasteiger partial charge is 0.296 e. The average Bonchev–Trinajstić information content (AvgIpc) is 2.67. The van der Waals surface area contributed by atoms with Crippen molar-refractivity contribution in [3.63, 3.8) is 0 Å². The summed E-state index contributed by atoms with van der Waals surface area (Å²) < 4.78 is 0. The van der Waals surface area contributed by atoms with E-state index in [1.807, 2.05) is 0 Å². The van der Waals surface area contributed by atoms with E-state index in [4.69, 9.17) is 0 Å². The van der Waals surface area contributed by atoms with Gasteiger partial charge in [0, 0.05) is 19.1 Å². The zero-order chi connectivity index (χ0) is 9.10. The number of hydrogen-bond acceptors (Lipinski definition) is 1. The van der Waals surface area contributed by atoms with E-state index in [9.17, 15) is 0 Å². The Morgan fingerprint density at radius 3 is 2.92 bits per heavy atom. The Hall–Kier alpha value is -0.300. The molecule has 1 heterocycles. The predicted octanol–water partition coefficient (Wildman–Crippen LogP) is 2.83. The SMILES string of the molecule is CCC1CCCC1N1CC=CCC1. The van der Waals surface area contributed by atoms with Gasteiger partial charge in [-0.2, -0.15) is 0 Å². The molecule has 13 heavy (non-hydrogen) atoms. The first-order valence-electron chi connectivity index (χ1n) is 5.81. The first-order chi connectivity index (χ1) is 6.42. The minimum Gasteiger partial charge on any atom is -0.296 e. The van der Waals surface area contributed by atoms with Gasteiger partial charge >= 0.3 is 0 Å². The van der Waals surface area contributed by atoms with Crippen LogP contribution in [0.25, 0.3) is 0 Å². The molecule has 0 amide bonds. The van der Waals surface area contributed by atoms with Crippen LogP contribution in [0.2, 0.25) is 0 Å². The second-order valence-electron chi connectivity index (χ2n) is 4.42. The minimum atomic E-state index is 0.912. The highest BCUT2D eigenvalue weighted by atomic mass is 15.2. The number of nitrogens with zero attached hydrogens (tertiary/aromatic N) is 1. The van der Waals surface area contributed by atoms with Crippen molar-refractivity contribution in [1.82, 2.24) is 4.90 Å². The molecule has 2 rings (SSSR count). The van der Waals surface area contributed by atoms with Gasteiger partial charge in [-0.25, -0.2) is 0 Å². The maximum absolute atomic E-state index is 2.70. The van der Waals surface area contributed by atoms with E-state index in [0.717, 1.165) is 12.0 Å². The second kappa shape index (κ2) is 4.28. The summed E-state index contributed by atoms with van der Waals surface area (Å²) in [5.41, 5.74) is 0. The molecule has 0 aromatic rings. The van der Waals surface area contributed by atoms with Crippen LogP contribution in [0.5, 0.6) is 0 Å². The Kier molecular flexibility index (Phi) is 3.05. The van der Waals surface area contributed by atoms with Crippen LogP contribution in [0.4, 0.5) is 0 Å². The van der Waals surface area contributed by atoms with E-state index >= 15 is 0 Å². The molecule has 1 aliphatic carbocycles. The fourth-order valence-electron chi connectivity index (χ4n) is 2.93. The Morgan fingerprint density at radius 2 is 2.23 bits per heavy atom. The number of rotatable bonds is 2. The van der Waals surface area contributed by atoms with E-state index in [-0.39, 0.29) is 0 Å². The summed E-state index contributed by atoms with van der Waals surface area (Å²) in [6, 6.07) is 0.912. The third kappa shape index (κ3) is 1.96. The van der Waals surface area contributed by atoms with Gasteiger partial charge in [-0.1, -0.05) is 31.9 Å². The summed E-state index contributed by atoms with van der Waals surface area (Å²) in [6.07, 6.45) is 11.7. The van der Waals surface area contributed by atoms with E-state index in [0.29, 0.717) is 0 Å². The van der Waals surface area contributed by atoms with Crippen molar-refractivity contribution in [3.05, 3.63) is 12.2 Å². The van der Waals surface area contributed by atoms with Crippen molar-refractivity contribution >= 4 is 0 Å². The minimum absolute atomic E-state index is 0.912. The van der Waals surface area contributed by atoms with Crippen LogP contribution in [-0.4, -0.2) is 24.0 Å². The summed E-state index contributed by atoms with van der Waals surface area (Å²) >= 11 is 0. The molecule has 0 bridgehead atoms. The molecular formula is C12H21N. The van der Waals surface area contributed by atoms with Crippen LogP contribution in [0, 0.1) is 5.92 Å². The van der Waals surface area contributed by atoms with Crippen LogP contribution < -0.4 is 0 Å². The highest BCUT2D eigenvalue weighted by Gasteiger charge is 2.30. The van der Waals surface area contributed by atoms with Gasteiger partial charge in [-0.05, 0) is 25.2 Å². The van der Waals surface area contributed by atoms with Crippen molar-refractivity contribution in [2.75, 3.05) is 13.1 Å². The smallest absolute Gasteiger partial charge is 0.0166 e. The van der Waals surface area contributed by atoms with E-state index in [2.05, 4.69) is 24.0 Å². The second-order valence-corrected chi connectivity index (χ2v) is 4.42. The molecule has 1 heteroatoms. The van der Waals surface area contributed by atoms with Gasteiger partial charge in [-0.3, -0.25) is 4.90 Å². The summed E-state index contributed by atoms with van der Waals surface area (Å²) in [7, 11) is 0. The third-order valence-electron chi connectivity index (χ3n) is 3.70. The van der Waals surface area contributed by atoms with Gasteiger partial charge in [-0.15, -0.1) is 0 Å². The van der Waals surface area contributed by atoms with E-state index in [1.165, 1.54) is 45.2 Å². The average molecular weight is 179 g/mol. The Labute approximate surface area is 81.8 Å². The Bertz CT molecular complexity index is 186. The summed E-state index contributed by atoms with van der Waals surface area (Å²) in [4.78, 5) is 2.70. The number of hydrogen-bond donors (Lipinski definition) is 0. The van der Waals surface area contributed by atoms with Gasteiger partial charge in [0.25, 0.3) is 0 Å². The zero-order valence-corrected chi connectivity index (χ0v) is 8.71. The molecular weight excluding hydrogens is 158 g/mol. The molecule has 74 valence electrons. The van der Waals surface area contributed by atoms with Crippen molar-refractivity contribution in [2.24, 2.45) is 5.92 Å². The maximum atomic E-state index is 2.70. The molecule has 0 aromatic heterocycles. The zero-order valence-electron chi connectivity index (χ0n) is 8.71. The lowest BCUT2D eigenvalue weighted by molar-refractivity contribution is 0.171. The molecule has 0 spiro atoms. The van der Waals surface area contributed by atoms with Crippen molar-refractivity contribution < 1.29 is 0 Å². The standard InChI is InChI=1S/C12H21N/c1-2-11-7-6-8-12(11)13-9-4-3-5-10-13/h3-4,11-12H,2,5-10H2,1H3. The summed E-state index contributed by atoms with van der Waals surface area (Å²) in [5, 5.41) is 0. The lowest BCUT2D eigenvalue weighted by Gasteiger charge is -2.33. The van der Waals surface area contributed by atoms with Crippen molar-refractivity contribution in [1.29, 1.82) is 0 Å². The van der Waals surface area contributed by atoms with E-state index in [1.54, 1.807) is 0 Å². The van der Waals surface area contributed by atoms with Gasteiger partial charge in [0.2, 0.25) is 0 Å². The maximum Gasteiger partial charge on any atom is 0.0166 e. The van der Waals surface area contributed by atoms with Crippen LogP contribution >= 0.6 is 0 Å². The highest BCUT2D eigenvalue weighted by molar-refractivity contribution is 4.95. The predicted molar refractivity (Wildman–Crippen MR) is 56.8 cm³/mol. The molecule has 1 aliphatic heterocycles. The molecule has 0 radical (unpaired) electrons. The van der Waals surface area contributed by atoms with Crippen molar-refractivity contribution in [2.45, 2.75) is 45.1 Å². The quantitative estimate of drug-likeness (QED) is 0.589. The Balaban J connectivity index is 1.94. The normalized spacial score (nSPS) is 35.5. The van der Waals surface area contributed by atoms with Gasteiger partial charge in [0.05, 0.1) is 0 Å². The molecule has 2 atom stereocenters. The third-order valence-corrected chi connectivity index (χ3v) is 3.70. The lowest BCUT2D eigenvalue weighted by atomic mass is 9.98. The van der Waals surface area contributed by atoms with Gasteiger partial charge in [0.1, 0.15) is 0 Å². The van der Waals surface area contributed by atoms with Gasteiger partial charge in [0.15, 0.2) is 0 Å². The fourth-order valence-corrected chi connectivity index (χ4v) is 2.93. The fraction of sp³-hybridized carbons (Fsp3) is 0.833. The molecule has 2 unspecified atom stereocenters. The molecule has 1 nitrogen and oxygen atoms in total. The molecule has 0 N–H and O–H groups in total. The first kappa shape index (κ1) is 9.26. The summed E-state index contributed by atoms with van der Waals surface area (Å²) in [5.74, 6) is 0.992. The molecule has 1 saturated carbocycles. The van der Waals surface area contributed by atoms with Crippen LogP contribution in [0.3, 0.4) is 0 Å². The van der Waals surface area contributed by atoms with Gasteiger partial charge < -0.3 is 0 Å². The molecule has 2 aliphatic rings. The van der Waals surface area contributed by atoms with Crippen LogP contribution in [0.15, 0.2) is 12.2 Å².